The van der Waals surface area contributed by atoms with Crippen molar-refractivity contribution in [2.75, 3.05) is 35.0 Å². The van der Waals surface area contributed by atoms with Crippen LogP contribution in [0.3, 0.4) is 0 Å². The minimum absolute atomic E-state index is 0.434. The van der Waals surface area contributed by atoms with E-state index in [4.69, 9.17) is 30.5 Å². The highest BCUT2D eigenvalue weighted by Crippen LogP contribution is 2.38. The van der Waals surface area contributed by atoms with Crippen molar-refractivity contribution in [3.63, 3.8) is 0 Å². The van der Waals surface area contributed by atoms with Gasteiger partial charge in [0.1, 0.15) is 5.75 Å². The molecular formula is C21H28ClN3O4. The Morgan fingerprint density at radius 1 is 0.897 bits per heavy atom. The van der Waals surface area contributed by atoms with Crippen LogP contribution in [-0.4, -0.2) is 40.9 Å². The summed E-state index contributed by atoms with van der Waals surface area (Å²) in [6.45, 7) is 3.73. The van der Waals surface area contributed by atoms with Crippen molar-refractivity contribution in [3.8, 4) is 23.0 Å². The average Bonchev–Trinajstić information content (AvgIpc) is 2.75. The summed E-state index contributed by atoms with van der Waals surface area (Å²) in [5.74, 6) is 3.16. The molecule has 0 radical (unpaired) electrons. The lowest BCUT2D eigenvalue weighted by molar-refractivity contribution is 0.324. The summed E-state index contributed by atoms with van der Waals surface area (Å²) in [6, 6.07) is 9.32. The smallest absolute Gasteiger partial charge is 0.203 e. The number of hydrogen-bond donors (Lipinski definition) is 2. The SMILES string of the molecule is CCNC(=NCc1cc(OC)c(OC)c(OC)c1)NCc1ccc(Cl)cc1OC. The summed E-state index contributed by atoms with van der Waals surface area (Å²) < 4.78 is 21.6. The summed E-state index contributed by atoms with van der Waals surface area (Å²) in [5.41, 5.74) is 1.91. The second-order valence-electron chi connectivity index (χ2n) is 6.04. The molecule has 2 aromatic carbocycles. The maximum absolute atomic E-state index is 6.03. The number of methoxy groups -OCH3 is 4. The topological polar surface area (TPSA) is 73.3 Å². The molecule has 0 amide bonds. The summed E-state index contributed by atoms with van der Waals surface area (Å²) in [7, 11) is 6.39. The van der Waals surface area contributed by atoms with Crippen LogP contribution in [0.5, 0.6) is 23.0 Å². The van der Waals surface area contributed by atoms with E-state index in [0.717, 1.165) is 23.4 Å². The number of benzene rings is 2. The van der Waals surface area contributed by atoms with Crippen molar-refractivity contribution in [2.24, 2.45) is 4.99 Å². The molecule has 0 unspecified atom stereocenters. The molecule has 0 spiro atoms. The van der Waals surface area contributed by atoms with Gasteiger partial charge < -0.3 is 29.6 Å². The first kappa shape index (κ1) is 22.5. The lowest BCUT2D eigenvalue weighted by atomic mass is 10.2. The zero-order valence-electron chi connectivity index (χ0n) is 17.5. The monoisotopic (exact) mass is 421 g/mol. The second kappa shape index (κ2) is 11.3. The highest BCUT2D eigenvalue weighted by Gasteiger charge is 2.13. The molecule has 2 N–H and O–H groups in total. The molecule has 0 aliphatic carbocycles. The molecule has 0 bridgehead atoms. The first-order chi connectivity index (χ1) is 14.1. The van der Waals surface area contributed by atoms with Gasteiger partial charge in [-0.1, -0.05) is 17.7 Å². The fourth-order valence-electron chi connectivity index (χ4n) is 2.78. The van der Waals surface area contributed by atoms with E-state index in [1.54, 1.807) is 34.5 Å². The Morgan fingerprint density at radius 3 is 2.10 bits per heavy atom. The van der Waals surface area contributed by atoms with Gasteiger partial charge in [-0.05, 0) is 36.8 Å². The van der Waals surface area contributed by atoms with Gasteiger partial charge in [-0.25, -0.2) is 4.99 Å². The van der Waals surface area contributed by atoms with Gasteiger partial charge in [0.15, 0.2) is 17.5 Å². The van der Waals surface area contributed by atoms with Gasteiger partial charge in [0.25, 0.3) is 0 Å². The Balaban J connectivity index is 2.17. The van der Waals surface area contributed by atoms with Gasteiger partial charge in [-0.2, -0.15) is 0 Å². The van der Waals surface area contributed by atoms with Crippen LogP contribution in [0.2, 0.25) is 5.02 Å². The summed E-state index contributed by atoms with van der Waals surface area (Å²) in [4.78, 5) is 4.65. The van der Waals surface area contributed by atoms with Gasteiger partial charge in [-0.15, -0.1) is 0 Å². The van der Waals surface area contributed by atoms with Crippen LogP contribution in [0.15, 0.2) is 35.3 Å². The van der Waals surface area contributed by atoms with E-state index in [-0.39, 0.29) is 0 Å². The Hall–Kier alpha value is -2.80. The number of rotatable bonds is 9. The standard InChI is InChI=1S/C21H28ClN3O4/c1-6-23-21(25-13-15-7-8-16(22)11-17(15)26-2)24-12-14-9-18(27-3)20(29-5)19(10-14)28-4/h7-11H,6,12-13H2,1-5H3,(H2,23,24,25). The lowest BCUT2D eigenvalue weighted by Crippen LogP contribution is -2.36. The quantitative estimate of drug-likeness (QED) is 0.475. The molecule has 158 valence electrons. The predicted octanol–water partition coefficient (Wildman–Crippen LogP) is 3.63. The minimum atomic E-state index is 0.434. The van der Waals surface area contributed by atoms with E-state index in [1.807, 2.05) is 31.2 Å². The molecular weight excluding hydrogens is 394 g/mol. The molecule has 0 saturated heterocycles. The van der Waals surface area contributed by atoms with Crippen LogP contribution < -0.4 is 29.6 Å². The molecule has 0 fully saturated rings. The highest BCUT2D eigenvalue weighted by molar-refractivity contribution is 6.30. The third-order valence-electron chi connectivity index (χ3n) is 4.18. The molecule has 2 aromatic rings. The van der Waals surface area contributed by atoms with E-state index in [1.165, 1.54) is 0 Å². The molecule has 0 atom stereocenters. The maximum atomic E-state index is 6.03. The van der Waals surface area contributed by atoms with Crippen LogP contribution >= 0.6 is 11.6 Å². The van der Waals surface area contributed by atoms with Crippen LogP contribution in [-0.2, 0) is 13.1 Å². The Morgan fingerprint density at radius 2 is 1.55 bits per heavy atom. The molecule has 7 nitrogen and oxygen atoms in total. The maximum Gasteiger partial charge on any atom is 0.203 e. The van der Waals surface area contributed by atoms with Crippen LogP contribution in [0.25, 0.3) is 0 Å². The second-order valence-corrected chi connectivity index (χ2v) is 6.47. The lowest BCUT2D eigenvalue weighted by Gasteiger charge is -2.15. The molecule has 2 rings (SSSR count). The van der Waals surface area contributed by atoms with E-state index < -0.39 is 0 Å². The summed E-state index contributed by atoms with van der Waals surface area (Å²) in [6.07, 6.45) is 0. The summed E-state index contributed by atoms with van der Waals surface area (Å²) in [5, 5.41) is 7.18. The third kappa shape index (κ3) is 6.09. The molecule has 0 aromatic heterocycles. The Labute approximate surface area is 177 Å². The first-order valence-corrected chi connectivity index (χ1v) is 9.57. The van der Waals surface area contributed by atoms with Crippen molar-refractivity contribution in [1.29, 1.82) is 0 Å². The van der Waals surface area contributed by atoms with E-state index >= 15 is 0 Å². The number of guanidine groups is 1. The molecule has 0 aliphatic rings. The van der Waals surface area contributed by atoms with E-state index in [2.05, 4.69) is 15.6 Å². The number of nitrogens with one attached hydrogen (secondary N) is 2. The van der Waals surface area contributed by atoms with Gasteiger partial charge in [0, 0.05) is 23.7 Å². The van der Waals surface area contributed by atoms with Gasteiger partial charge in [0.2, 0.25) is 5.75 Å². The number of halogens is 1. The van der Waals surface area contributed by atoms with Crippen molar-refractivity contribution >= 4 is 17.6 Å². The van der Waals surface area contributed by atoms with Crippen molar-refractivity contribution < 1.29 is 18.9 Å². The molecule has 29 heavy (non-hydrogen) atoms. The van der Waals surface area contributed by atoms with Crippen LogP contribution in [0, 0.1) is 0 Å². The zero-order chi connectivity index (χ0) is 21.2. The Kier molecular flexibility index (Phi) is 8.73. The van der Waals surface area contributed by atoms with Gasteiger partial charge in [-0.3, -0.25) is 0 Å². The number of hydrogen-bond acceptors (Lipinski definition) is 5. The van der Waals surface area contributed by atoms with Gasteiger partial charge in [0.05, 0.1) is 35.0 Å². The average molecular weight is 422 g/mol. The third-order valence-corrected chi connectivity index (χ3v) is 4.42. The fraction of sp³-hybridized carbons (Fsp3) is 0.381. The molecule has 0 heterocycles. The predicted molar refractivity (Wildman–Crippen MR) is 116 cm³/mol. The van der Waals surface area contributed by atoms with Crippen molar-refractivity contribution in [1.82, 2.24) is 10.6 Å². The van der Waals surface area contributed by atoms with Gasteiger partial charge >= 0.3 is 0 Å². The summed E-state index contributed by atoms with van der Waals surface area (Å²) >= 11 is 6.03. The van der Waals surface area contributed by atoms with Crippen molar-refractivity contribution in [3.05, 3.63) is 46.5 Å². The zero-order valence-corrected chi connectivity index (χ0v) is 18.2. The fourth-order valence-corrected chi connectivity index (χ4v) is 2.94. The Bertz CT molecular complexity index is 818. The highest BCUT2D eigenvalue weighted by atomic mass is 35.5. The normalized spacial score (nSPS) is 11.0. The number of ether oxygens (including phenoxy) is 4. The van der Waals surface area contributed by atoms with E-state index in [0.29, 0.717) is 41.3 Å². The van der Waals surface area contributed by atoms with Crippen LogP contribution in [0.4, 0.5) is 0 Å². The minimum Gasteiger partial charge on any atom is -0.496 e. The number of aliphatic imine (C=N–C) groups is 1. The largest absolute Gasteiger partial charge is 0.496 e. The molecule has 8 heteroatoms. The molecule has 0 aliphatic heterocycles. The molecule has 0 saturated carbocycles. The van der Waals surface area contributed by atoms with Crippen molar-refractivity contribution in [2.45, 2.75) is 20.0 Å². The van der Waals surface area contributed by atoms with E-state index in [9.17, 15) is 0 Å². The first-order valence-electron chi connectivity index (χ1n) is 9.19. The number of nitrogens with zero attached hydrogens (tertiary/aromatic N) is 1. The van der Waals surface area contributed by atoms with Crippen LogP contribution in [0.1, 0.15) is 18.1 Å².